The number of nitrogens with zero attached hydrogens (tertiary/aromatic N) is 1. The highest BCUT2D eigenvalue weighted by Gasteiger charge is 2.15. The zero-order valence-electron chi connectivity index (χ0n) is 9.36. The molecule has 1 amide bonds. The third-order valence-electron chi connectivity index (χ3n) is 2.24. The van der Waals surface area contributed by atoms with E-state index in [0.29, 0.717) is 0 Å². The second-order valence-corrected chi connectivity index (χ2v) is 3.83. The lowest BCUT2D eigenvalue weighted by Crippen LogP contribution is -2.35. The first-order valence-corrected chi connectivity index (χ1v) is 5.25. The van der Waals surface area contributed by atoms with Crippen LogP contribution in [0.4, 0.5) is 11.4 Å². The average Bonchev–Trinajstić information content (AvgIpc) is 2.30. The molecule has 0 heterocycles. The molecule has 7 heteroatoms. The Morgan fingerprint density at radius 3 is 2.71 bits per heavy atom. The molecule has 0 saturated carbocycles. The van der Waals surface area contributed by atoms with Crippen molar-refractivity contribution in [3.05, 3.63) is 33.3 Å². The number of hydrogen-bond acceptors (Lipinski definition) is 4. The molecule has 92 valence electrons. The molecule has 0 aromatic heterocycles. The molecular formula is C10H12ClN3O3. The van der Waals surface area contributed by atoms with Gasteiger partial charge in [-0.1, -0.05) is 11.6 Å². The van der Waals surface area contributed by atoms with Crippen LogP contribution in [-0.2, 0) is 4.79 Å². The van der Waals surface area contributed by atoms with Crippen LogP contribution in [0.1, 0.15) is 6.92 Å². The Morgan fingerprint density at radius 1 is 1.53 bits per heavy atom. The van der Waals surface area contributed by atoms with Gasteiger partial charge in [-0.15, -0.1) is 0 Å². The number of non-ortho nitro benzene ring substituents is 1. The first-order chi connectivity index (χ1) is 7.95. The molecule has 0 bridgehead atoms. The van der Waals surface area contributed by atoms with Gasteiger partial charge in [0.1, 0.15) is 0 Å². The molecule has 17 heavy (non-hydrogen) atoms. The Kier molecular flexibility index (Phi) is 4.42. The predicted octanol–water partition coefficient (Wildman–Crippen LogP) is 1.79. The Bertz CT molecular complexity index is 450. The van der Waals surface area contributed by atoms with Crippen LogP contribution in [0, 0.1) is 10.1 Å². The summed E-state index contributed by atoms with van der Waals surface area (Å²) in [5.74, 6) is -0.310. The summed E-state index contributed by atoms with van der Waals surface area (Å²) in [4.78, 5) is 21.6. The lowest BCUT2D eigenvalue weighted by atomic mass is 10.2. The fourth-order valence-electron chi connectivity index (χ4n) is 1.09. The van der Waals surface area contributed by atoms with E-state index in [9.17, 15) is 14.9 Å². The summed E-state index contributed by atoms with van der Waals surface area (Å²) >= 11 is 5.84. The highest BCUT2D eigenvalue weighted by Crippen LogP contribution is 2.26. The van der Waals surface area contributed by atoms with E-state index >= 15 is 0 Å². The number of hydrogen-bond donors (Lipinski definition) is 2. The minimum Gasteiger partial charge on any atom is -0.323 e. The number of carbonyl (C=O) groups excluding carboxylic acids is 1. The molecule has 1 atom stereocenters. The summed E-state index contributed by atoms with van der Waals surface area (Å²) in [6, 6.07) is 3.46. The largest absolute Gasteiger partial charge is 0.323 e. The normalized spacial score (nSPS) is 11.9. The van der Waals surface area contributed by atoms with Crippen molar-refractivity contribution in [1.82, 2.24) is 5.32 Å². The van der Waals surface area contributed by atoms with Gasteiger partial charge < -0.3 is 10.6 Å². The number of nitro groups is 1. The fourth-order valence-corrected chi connectivity index (χ4v) is 1.26. The van der Waals surface area contributed by atoms with Gasteiger partial charge in [-0.25, -0.2) is 0 Å². The van der Waals surface area contributed by atoms with Gasteiger partial charge >= 0.3 is 0 Å². The van der Waals surface area contributed by atoms with E-state index in [2.05, 4.69) is 10.6 Å². The SMILES string of the molecule is CN[C@H](C)C(=O)Nc1cc([N+](=O)[O-])ccc1Cl. The Labute approximate surface area is 103 Å². The van der Waals surface area contributed by atoms with Crippen molar-refractivity contribution in [3.63, 3.8) is 0 Å². The van der Waals surface area contributed by atoms with Crippen molar-refractivity contribution < 1.29 is 9.72 Å². The van der Waals surface area contributed by atoms with Crippen LogP contribution in [0.25, 0.3) is 0 Å². The van der Waals surface area contributed by atoms with Crippen molar-refractivity contribution in [3.8, 4) is 0 Å². The molecule has 1 aromatic carbocycles. The van der Waals surface area contributed by atoms with Gasteiger partial charge in [0.2, 0.25) is 5.91 Å². The van der Waals surface area contributed by atoms with Gasteiger partial charge in [0.15, 0.2) is 0 Å². The molecule has 0 aliphatic carbocycles. The van der Waals surface area contributed by atoms with Gasteiger partial charge in [0.05, 0.1) is 21.7 Å². The van der Waals surface area contributed by atoms with E-state index in [-0.39, 0.29) is 22.3 Å². The second kappa shape index (κ2) is 5.60. The number of halogens is 1. The third kappa shape index (κ3) is 3.40. The van der Waals surface area contributed by atoms with E-state index in [0.717, 1.165) is 0 Å². The van der Waals surface area contributed by atoms with E-state index in [1.165, 1.54) is 18.2 Å². The first-order valence-electron chi connectivity index (χ1n) is 4.87. The Morgan fingerprint density at radius 2 is 2.18 bits per heavy atom. The maximum Gasteiger partial charge on any atom is 0.271 e. The highest BCUT2D eigenvalue weighted by atomic mass is 35.5. The minimum atomic E-state index is -0.548. The number of nitro benzene ring substituents is 1. The van der Waals surface area contributed by atoms with Crippen molar-refractivity contribution in [2.45, 2.75) is 13.0 Å². The minimum absolute atomic E-state index is 0.123. The molecule has 1 aromatic rings. The highest BCUT2D eigenvalue weighted by molar-refractivity contribution is 6.33. The molecule has 0 unspecified atom stereocenters. The number of anilines is 1. The van der Waals surface area contributed by atoms with Crippen LogP contribution < -0.4 is 10.6 Å². The first kappa shape index (κ1) is 13.4. The second-order valence-electron chi connectivity index (χ2n) is 3.42. The van der Waals surface area contributed by atoms with Gasteiger partial charge in [0.25, 0.3) is 5.69 Å². The topological polar surface area (TPSA) is 84.3 Å². The molecule has 0 spiro atoms. The lowest BCUT2D eigenvalue weighted by Gasteiger charge is -2.11. The summed E-state index contributed by atoms with van der Waals surface area (Å²) in [5, 5.41) is 16.1. The number of carbonyl (C=O) groups is 1. The van der Waals surface area contributed by atoms with Gasteiger partial charge in [-0.05, 0) is 20.0 Å². The molecule has 0 radical (unpaired) electrons. The molecule has 1 rings (SSSR count). The summed E-state index contributed by atoms with van der Waals surface area (Å²) < 4.78 is 0. The molecule has 0 saturated heterocycles. The molecule has 2 N–H and O–H groups in total. The van der Waals surface area contributed by atoms with Crippen molar-refractivity contribution in [2.75, 3.05) is 12.4 Å². The maximum absolute atomic E-state index is 11.6. The average molecular weight is 258 g/mol. The molecule has 6 nitrogen and oxygen atoms in total. The third-order valence-corrected chi connectivity index (χ3v) is 2.57. The Hall–Kier alpha value is -1.66. The molecule has 0 fully saturated rings. The zero-order valence-corrected chi connectivity index (χ0v) is 10.1. The number of nitrogens with one attached hydrogen (secondary N) is 2. The van der Waals surface area contributed by atoms with Crippen molar-refractivity contribution in [2.24, 2.45) is 0 Å². The smallest absolute Gasteiger partial charge is 0.271 e. The van der Waals surface area contributed by atoms with Crippen LogP contribution in [0.15, 0.2) is 18.2 Å². The standard InChI is InChI=1S/C10H12ClN3O3/c1-6(12-2)10(15)13-9-5-7(14(16)17)3-4-8(9)11/h3-6,12H,1-2H3,(H,13,15)/t6-/m1/s1. The number of likely N-dealkylation sites (N-methyl/N-ethyl adjacent to an activating group) is 1. The van der Waals surface area contributed by atoms with Crippen LogP contribution in [0.5, 0.6) is 0 Å². The Balaban J connectivity index is 2.94. The molecular weight excluding hydrogens is 246 g/mol. The van der Waals surface area contributed by atoms with Crippen LogP contribution >= 0.6 is 11.6 Å². The number of rotatable bonds is 4. The maximum atomic E-state index is 11.6. The summed E-state index contributed by atoms with van der Waals surface area (Å²) in [6.07, 6.45) is 0. The van der Waals surface area contributed by atoms with E-state index in [1.54, 1.807) is 14.0 Å². The van der Waals surface area contributed by atoms with E-state index in [4.69, 9.17) is 11.6 Å². The van der Waals surface area contributed by atoms with E-state index in [1.807, 2.05) is 0 Å². The van der Waals surface area contributed by atoms with Crippen molar-refractivity contribution >= 4 is 28.9 Å². The predicted molar refractivity (Wildman–Crippen MR) is 65.3 cm³/mol. The quantitative estimate of drug-likeness (QED) is 0.636. The summed E-state index contributed by atoms with van der Waals surface area (Å²) in [7, 11) is 1.64. The van der Waals surface area contributed by atoms with Gasteiger partial charge in [-0.3, -0.25) is 14.9 Å². The monoisotopic (exact) mass is 257 g/mol. The number of benzene rings is 1. The fraction of sp³-hybridized carbons (Fsp3) is 0.300. The molecule has 0 aliphatic heterocycles. The summed E-state index contributed by atoms with van der Waals surface area (Å²) in [6.45, 7) is 1.67. The van der Waals surface area contributed by atoms with Crippen LogP contribution in [-0.4, -0.2) is 23.9 Å². The van der Waals surface area contributed by atoms with Gasteiger partial charge in [-0.2, -0.15) is 0 Å². The van der Waals surface area contributed by atoms with Gasteiger partial charge in [0, 0.05) is 12.1 Å². The summed E-state index contributed by atoms with van der Waals surface area (Å²) in [5.41, 5.74) is 0.106. The van der Waals surface area contributed by atoms with E-state index < -0.39 is 11.0 Å². The number of amides is 1. The van der Waals surface area contributed by atoms with Crippen LogP contribution in [0.2, 0.25) is 5.02 Å². The van der Waals surface area contributed by atoms with Crippen LogP contribution in [0.3, 0.4) is 0 Å². The zero-order chi connectivity index (χ0) is 13.0. The van der Waals surface area contributed by atoms with Crippen molar-refractivity contribution in [1.29, 1.82) is 0 Å². The lowest BCUT2D eigenvalue weighted by molar-refractivity contribution is -0.384. The molecule has 0 aliphatic rings.